The minimum atomic E-state index is -3.92. The van der Waals surface area contributed by atoms with Gasteiger partial charge in [-0.15, -0.1) is 0 Å². The Morgan fingerprint density at radius 1 is 1.47 bits per heavy atom. The van der Waals surface area contributed by atoms with Crippen LogP contribution in [0.1, 0.15) is 18.4 Å². The number of carboxylic acid groups (broad SMARTS) is 1. The molecule has 1 aromatic carbocycles. The maximum Gasteiger partial charge on any atom is 0.322 e. The van der Waals surface area contributed by atoms with E-state index in [9.17, 15) is 13.2 Å². The van der Waals surface area contributed by atoms with Crippen molar-refractivity contribution in [2.75, 3.05) is 0 Å². The molecule has 0 bridgehead atoms. The fourth-order valence-electron chi connectivity index (χ4n) is 1.83. The van der Waals surface area contributed by atoms with Gasteiger partial charge in [-0.1, -0.05) is 17.7 Å². The Morgan fingerprint density at radius 3 is 2.58 bits per heavy atom. The van der Waals surface area contributed by atoms with Crippen LogP contribution in [-0.4, -0.2) is 25.5 Å². The molecule has 0 saturated heterocycles. The van der Waals surface area contributed by atoms with Crippen LogP contribution in [0.25, 0.3) is 0 Å². The fraction of sp³-hybridized carbons (Fsp3) is 0.417. The molecule has 0 radical (unpaired) electrons. The van der Waals surface area contributed by atoms with Crippen molar-refractivity contribution < 1.29 is 18.3 Å². The van der Waals surface area contributed by atoms with Crippen molar-refractivity contribution in [1.82, 2.24) is 4.72 Å². The molecule has 0 heterocycles. The summed E-state index contributed by atoms with van der Waals surface area (Å²) in [6, 6.07) is 3.45. The van der Waals surface area contributed by atoms with E-state index in [0.29, 0.717) is 0 Å². The zero-order valence-corrected chi connectivity index (χ0v) is 11.8. The molecule has 0 aliphatic heterocycles. The lowest BCUT2D eigenvalue weighted by atomic mass is 10.2. The molecule has 0 amide bonds. The van der Waals surface area contributed by atoms with Gasteiger partial charge in [-0.2, -0.15) is 4.72 Å². The maximum atomic E-state index is 12.2. The second-order valence-corrected chi connectivity index (χ2v) is 6.80. The Kier molecular flexibility index (Phi) is 3.85. The molecule has 1 aliphatic rings. The minimum Gasteiger partial charge on any atom is -0.480 e. The summed E-state index contributed by atoms with van der Waals surface area (Å²) < 4.78 is 26.5. The Hall–Kier alpha value is -1.11. The van der Waals surface area contributed by atoms with Crippen LogP contribution >= 0.6 is 11.6 Å². The lowest BCUT2D eigenvalue weighted by Crippen LogP contribution is -2.42. The monoisotopic (exact) mass is 303 g/mol. The molecule has 7 heteroatoms. The quantitative estimate of drug-likeness (QED) is 0.868. The number of sulfonamides is 1. The molecule has 5 nitrogen and oxygen atoms in total. The van der Waals surface area contributed by atoms with Crippen LogP contribution < -0.4 is 4.72 Å². The highest BCUT2D eigenvalue weighted by molar-refractivity contribution is 7.89. The number of hydrogen-bond donors (Lipinski definition) is 2. The van der Waals surface area contributed by atoms with Gasteiger partial charge in [-0.3, -0.25) is 4.79 Å². The van der Waals surface area contributed by atoms with Gasteiger partial charge in [0.25, 0.3) is 0 Å². The molecule has 1 atom stereocenters. The Labute approximate surface area is 116 Å². The number of nitrogens with one attached hydrogen (secondary N) is 1. The number of carboxylic acids is 1. The summed E-state index contributed by atoms with van der Waals surface area (Å²) >= 11 is 5.91. The largest absolute Gasteiger partial charge is 0.480 e. The average molecular weight is 304 g/mol. The van der Waals surface area contributed by atoms with E-state index in [4.69, 9.17) is 16.7 Å². The number of carbonyl (C=O) groups is 1. The highest BCUT2D eigenvalue weighted by atomic mass is 35.5. The zero-order valence-electron chi connectivity index (χ0n) is 10.3. The van der Waals surface area contributed by atoms with Crippen LogP contribution in [0.2, 0.25) is 5.02 Å². The summed E-state index contributed by atoms with van der Waals surface area (Å²) in [6.07, 6.45) is 1.45. The molecular weight excluding hydrogens is 290 g/mol. The maximum absolute atomic E-state index is 12.2. The molecule has 0 spiro atoms. The van der Waals surface area contributed by atoms with Crippen LogP contribution in [0.3, 0.4) is 0 Å². The standard InChI is InChI=1S/C12H14ClNO4S/c1-7-2-5-10(9(13)6-7)19(17,18)14-11(12(15)16)8-3-4-8/h2,5-6,8,11,14H,3-4H2,1H3,(H,15,16). The fourth-order valence-corrected chi connectivity index (χ4v) is 3.69. The summed E-state index contributed by atoms with van der Waals surface area (Å²) in [4.78, 5) is 11.0. The van der Waals surface area contributed by atoms with Gasteiger partial charge in [-0.05, 0) is 43.4 Å². The third-order valence-corrected chi connectivity index (χ3v) is 4.94. The third kappa shape index (κ3) is 3.26. The van der Waals surface area contributed by atoms with Gasteiger partial charge in [0.1, 0.15) is 10.9 Å². The van der Waals surface area contributed by atoms with Gasteiger partial charge < -0.3 is 5.11 Å². The van der Waals surface area contributed by atoms with Crippen molar-refractivity contribution in [3.05, 3.63) is 28.8 Å². The predicted molar refractivity (Wildman–Crippen MR) is 70.7 cm³/mol. The summed E-state index contributed by atoms with van der Waals surface area (Å²) in [5, 5.41) is 9.14. The lowest BCUT2D eigenvalue weighted by molar-refractivity contribution is -0.139. The van der Waals surface area contributed by atoms with E-state index in [1.807, 2.05) is 0 Å². The highest BCUT2D eigenvalue weighted by Gasteiger charge is 2.39. The van der Waals surface area contributed by atoms with Crippen molar-refractivity contribution in [3.63, 3.8) is 0 Å². The summed E-state index contributed by atoms with van der Waals surface area (Å²) in [7, 11) is -3.92. The summed E-state index contributed by atoms with van der Waals surface area (Å²) in [6.45, 7) is 1.79. The number of halogens is 1. The molecule has 1 fully saturated rings. The molecule has 1 unspecified atom stereocenters. The first-order chi connectivity index (χ1) is 8.81. The van der Waals surface area contributed by atoms with E-state index in [1.165, 1.54) is 12.1 Å². The lowest BCUT2D eigenvalue weighted by Gasteiger charge is -2.14. The average Bonchev–Trinajstić information content (AvgIpc) is 3.08. The van der Waals surface area contributed by atoms with Crippen molar-refractivity contribution in [3.8, 4) is 0 Å². The topological polar surface area (TPSA) is 83.5 Å². The first kappa shape index (κ1) is 14.3. The number of aliphatic carboxylic acids is 1. The van der Waals surface area contributed by atoms with Crippen LogP contribution in [0, 0.1) is 12.8 Å². The third-order valence-electron chi connectivity index (χ3n) is 3.02. The Balaban J connectivity index is 2.29. The molecule has 0 aromatic heterocycles. The van der Waals surface area contributed by atoms with Gasteiger partial charge in [0.15, 0.2) is 0 Å². The van der Waals surface area contributed by atoms with Crippen molar-refractivity contribution in [2.45, 2.75) is 30.7 Å². The van der Waals surface area contributed by atoms with E-state index in [2.05, 4.69) is 4.72 Å². The van der Waals surface area contributed by atoms with E-state index in [0.717, 1.165) is 18.4 Å². The van der Waals surface area contributed by atoms with Crippen LogP contribution in [0.4, 0.5) is 0 Å². The van der Waals surface area contributed by atoms with Crippen LogP contribution in [-0.2, 0) is 14.8 Å². The summed E-state index contributed by atoms with van der Waals surface area (Å²) in [5.41, 5.74) is 0.834. The summed E-state index contributed by atoms with van der Waals surface area (Å²) in [5.74, 6) is -1.29. The predicted octanol–water partition coefficient (Wildman–Crippen LogP) is 1.79. The number of rotatable bonds is 5. The number of hydrogen-bond acceptors (Lipinski definition) is 3. The van der Waals surface area contributed by atoms with E-state index >= 15 is 0 Å². The molecule has 19 heavy (non-hydrogen) atoms. The SMILES string of the molecule is Cc1ccc(S(=O)(=O)NC(C(=O)O)C2CC2)c(Cl)c1. The smallest absolute Gasteiger partial charge is 0.322 e. The molecule has 1 aliphatic carbocycles. The molecular formula is C12H14ClNO4S. The normalized spacial score (nSPS) is 17.2. The number of aryl methyl sites for hydroxylation is 1. The molecule has 104 valence electrons. The first-order valence-electron chi connectivity index (χ1n) is 5.82. The Morgan fingerprint density at radius 2 is 2.11 bits per heavy atom. The second kappa shape index (κ2) is 5.11. The van der Waals surface area contributed by atoms with Crippen LogP contribution in [0.15, 0.2) is 23.1 Å². The van der Waals surface area contributed by atoms with Crippen molar-refractivity contribution in [1.29, 1.82) is 0 Å². The van der Waals surface area contributed by atoms with Gasteiger partial charge >= 0.3 is 5.97 Å². The zero-order chi connectivity index (χ0) is 14.2. The van der Waals surface area contributed by atoms with Gasteiger partial charge in [0.05, 0.1) is 5.02 Å². The van der Waals surface area contributed by atoms with Crippen molar-refractivity contribution in [2.24, 2.45) is 5.92 Å². The van der Waals surface area contributed by atoms with E-state index in [-0.39, 0.29) is 15.8 Å². The minimum absolute atomic E-state index is 0.0902. The number of benzene rings is 1. The highest BCUT2D eigenvalue weighted by Crippen LogP contribution is 2.34. The van der Waals surface area contributed by atoms with Gasteiger partial charge in [0, 0.05) is 0 Å². The Bertz CT molecular complexity index is 610. The van der Waals surface area contributed by atoms with Gasteiger partial charge in [-0.25, -0.2) is 8.42 Å². The van der Waals surface area contributed by atoms with Gasteiger partial charge in [0.2, 0.25) is 10.0 Å². The first-order valence-corrected chi connectivity index (χ1v) is 7.68. The van der Waals surface area contributed by atoms with E-state index < -0.39 is 22.0 Å². The van der Waals surface area contributed by atoms with Crippen LogP contribution in [0.5, 0.6) is 0 Å². The molecule has 2 N–H and O–H groups in total. The second-order valence-electron chi connectivity index (χ2n) is 4.71. The van der Waals surface area contributed by atoms with E-state index in [1.54, 1.807) is 13.0 Å². The van der Waals surface area contributed by atoms with Crippen molar-refractivity contribution >= 4 is 27.6 Å². The molecule has 1 aromatic rings. The molecule has 1 saturated carbocycles. The molecule has 2 rings (SSSR count).